The van der Waals surface area contributed by atoms with Gasteiger partial charge in [0.05, 0.1) is 32.6 Å². The number of hydrogen-bond acceptors (Lipinski definition) is 5. The van der Waals surface area contributed by atoms with Crippen molar-refractivity contribution < 1.29 is 9.59 Å². The average molecular weight is 516 g/mol. The molecule has 0 aliphatic heterocycles. The Bertz CT molecular complexity index is 1310. The largest absolute Gasteiger partial charge is 0.349 e. The Kier molecular flexibility index (Phi) is 7.55. The Balaban J connectivity index is 1.37. The van der Waals surface area contributed by atoms with E-state index >= 15 is 0 Å². The highest BCUT2D eigenvalue weighted by Gasteiger charge is 2.14. The van der Waals surface area contributed by atoms with Crippen molar-refractivity contribution in [3.05, 3.63) is 87.9 Å². The van der Waals surface area contributed by atoms with Crippen molar-refractivity contribution in [1.82, 2.24) is 10.3 Å². The molecule has 1 aromatic heterocycles. The minimum Gasteiger partial charge on any atom is -0.349 e. The fraction of sp³-hybridized carbons (Fsp3) is 0.125. The number of thioether (sulfide) groups is 1. The van der Waals surface area contributed by atoms with Gasteiger partial charge >= 0.3 is 0 Å². The number of nitrogens with one attached hydrogen (secondary N) is 2. The number of carbonyl (C=O) groups is 2. The van der Waals surface area contributed by atoms with Crippen LogP contribution in [0, 0.1) is 0 Å². The van der Waals surface area contributed by atoms with E-state index in [2.05, 4.69) is 15.6 Å². The molecule has 2 amide bonds. The number of benzene rings is 3. The van der Waals surface area contributed by atoms with Crippen LogP contribution in [-0.4, -0.2) is 22.6 Å². The van der Waals surface area contributed by atoms with Crippen LogP contribution >= 0.6 is 46.3 Å². The lowest BCUT2D eigenvalue weighted by Crippen LogP contribution is -2.28. The first-order valence-corrected chi connectivity index (χ1v) is 12.6. The zero-order chi connectivity index (χ0) is 23.4. The lowest BCUT2D eigenvalue weighted by atomic mass is 10.1. The molecule has 0 radical (unpaired) electrons. The summed E-state index contributed by atoms with van der Waals surface area (Å²) < 4.78 is 1.70. The first kappa shape index (κ1) is 23.6. The van der Waals surface area contributed by atoms with E-state index < -0.39 is 0 Å². The number of rotatable bonds is 7. The second kappa shape index (κ2) is 10.6. The first-order valence-electron chi connectivity index (χ1n) is 10.0. The summed E-state index contributed by atoms with van der Waals surface area (Å²) in [6.45, 7) is 1.96. The minimum atomic E-state index is -0.320. The zero-order valence-corrected chi connectivity index (χ0v) is 20.6. The molecule has 9 heteroatoms. The molecule has 5 nitrogen and oxygen atoms in total. The molecule has 168 valence electrons. The highest BCUT2D eigenvalue weighted by atomic mass is 35.5. The van der Waals surface area contributed by atoms with E-state index in [4.69, 9.17) is 23.2 Å². The maximum Gasteiger partial charge on any atom is 0.257 e. The first-order chi connectivity index (χ1) is 15.9. The quantitative estimate of drug-likeness (QED) is 0.264. The van der Waals surface area contributed by atoms with Crippen molar-refractivity contribution in [1.29, 1.82) is 0 Å². The summed E-state index contributed by atoms with van der Waals surface area (Å²) >= 11 is 14.9. The average Bonchev–Trinajstić information content (AvgIpc) is 3.20. The van der Waals surface area contributed by atoms with Gasteiger partial charge in [-0.3, -0.25) is 9.59 Å². The Morgan fingerprint density at radius 3 is 2.61 bits per heavy atom. The van der Waals surface area contributed by atoms with Gasteiger partial charge in [-0.2, -0.15) is 0 Å². The Labute approximate surface area is 209 Å². The molecular formula is C24H19Cl2N3O2S2. The highest BCUT2D eigenvalue weighted by Crippen LogP contribution is 2.32. The van der Waals surface area contributed by atoms with Gasteiger partial charge in [-0.05, 0) is 48.9 Å². The summed E-state index contributed by atoms with van der Waals surface area (Å²) in [5.74, 6) is -0.0990. The van der Waals surface area contributed by atoms with E-state index in [1.165, 1.54) is 29.2 Å². The standard InChI is InChI=1S/C24H19Cl2N3O2S2/c1-14(15-5-3-2-4-6-15)27-22(30)13-32-24-29-20-10-8-17(12-21(20)33-24)28-23(31)18-9-7-16(25)11-19(18)26/h2-12,14H,13H2,1H3,(H,27,30)(H,28,31). The fourth-order valence-corrected chi connectivity index (χ4v) is 5.56. The SMILES string of the molecule is CC(NC(=O)CSc1nc2ccc(NC(=O)c3ccc(Cl)cc3Cl)cc2s1)c1ccccc1. The van der Waals surface area contributed by atoms with Crippen molar-refractivity contribution in [2.24, 2.45) is 0 Å². The molecule has 4 aromatic rings. The van der Waals surface area contributed by atoms with Crippen molar-refractivity contribution in [3.63, 3.8) is 0 Å². The van der Waals surface area contributed by atoms with Crippen LogP contribution in [0.4, 0.5) is 5.69 Å². The third-order valence-electron chi connectivity index (χ3n) is 4.81. The lowest BCUT2D eigenvalue weighted by molar-refractivity contribution is -0.119. The molecular weight excluding hydrogens is 497 g/mol. The summed E-state index contributed by atoms with van der Waals surface area (Å²) in [7, 11) is 0. The molecule has 0 aliphatic carbocycles. The van der Waals surface area contributed by atoms with E-state index in [-0.39, 0.29) is 28.6 Å². The monoisotopic (exact) mass is 515 g/mol. The van der Waals surface area contributed by atoms with Crippen LogP contribution in [0.15, 0.2) is 71.1 Å². The number of hydrogen-bond donors (Lipinski definition) is 2. The maximum absolute atomic E-state index is 12.6. The van der Waals surface area contributed by atoms with Crippen LogP contribution < -0.4 is 10.6 Å². The van der Waals surface area contributed by atoms with Crippen LogP contribution in [0.25, 0.3) is 10.2 Å². The van der Waals surface area contributed by atoms with Gasteiger partial charge in [-0.1, -0.05) is 65.3 Å². The van der Waals surface area contributed by atoms with Gasteiger partial charge < -0.3 is 10.6 Å². The number of fused-ring (bicyclic) bond motifs is 1. The van der Waals surface area contributed by atoms with Crippen LogP contribution in [0.3, 0.4) is 0 Å². The van der Waals surface area contributed by atoms with Gasteiger partial charge in [-0.15, -0.1) is 11.3 Å². The van der Waals surface area contributed by atoms with Crippen molar-refractivity contribution in [3.8, 4) is 0 Å². The summed E-state index contributed by atoms with van der Waals surface area (Å²) in [6, 6.07) is 20.0. The molecule has 2 N–H and O–H groups in total. The topological polar surface area (TPSA) is 71.1 Å². The van der Waals surface area contributed by atoms with E-state index in [0.717, 1.165) is 20.1 Å². The fourth-order valence-electron chi connectivity index (χ4n) is 3.15. The summed E-state index contributed by atoms with van der Waals surface area (Å²) in [6.07, 6.45) is 0. The molecule has 3 aromatic carbocycles. The normalized spacial score (nSPS) is 11.8. The number of carbonyl (C=O) groups excluding carboxylic acids is 2. The van der Waals surface area contributed by atoms with Crippen molar-refractivity contribution >= 4 is 74.0 Å². The van der Waals surface area contributed by atoms with Gasteiger partial charge in [0.2, 0.25) is 5.91 Å². The number of halogens is 2. The van der Waals surface area contributed by atoms with E-state index in [0.29, 0.717) is 16.3 Å². The molecule has 1 unspecified atom stereocenters. The number of amides is 2. The molecule has 33 heavy (non-hydrogen) atoms. The molecule has 0 bridgehead atoms. The van der Waals surface area contributed by atoms with E-state index in [1.807, 2.05) is 49.4 Å². The maximum atomic E-state index is 12.6. The third kappa shape index (κ3) is 6.06. The number of nitrogens with zero attached hydrogens (tertiary/aromatic N) is 1. The van der Waals surface area contributed by atoms with Crippen LogP contribution in [0.5, 0.6) is 0 Å². The Hall–Kier alpha value is -2.58. The summed E-state index contributed by atoms with van der Waals surface area (Å²) in [4.78, 5) is 29.5. The van der Waals surface area contributed by atoms with Crippen molar-refractivity contribution in [2.45, 2.75) is 17.3 Å². The smallest absolute Gasteiger partial charge is 0.257 e. The van der Waals surface area contributed by atoms with Gasteiger partial charge in [0.1, 0.15) is 0 Å². The Morgan fingerprint density at radius 2 is 1.85 bits per heavy atom. The van der Waals surface area contributed by atoms with Crippen molar-refractivity contribution in [2.75, 3.05) is 11.1 Å². The van der Waals surface area contributed by atoms with Gasteiger partial charge in [-0.25, -0.2) is 4.98 Å². The van der Waals surface area contributed by atoms with Crippen LogP contribution in [0.1, 0.15) is 28.9 Å². The molecule has 1 heterocycles. The number of thiazole rings is 1. The van der Waals surface area contributed by atoms with Gasteiger partial charge in [0.25, 0.3) is 5.91 Å². The summed E-state index contributed by atoms with van der Waals surface area (Å²) in [5.41, 5.74) is 2.85. The number of anilines is 1. The molecule has 0 saturated carbocycles. The lowest BCUT2D eigenvalue weighted by Gasteiger charge is -2.13. The number of aromatic nitrogens is 1. The van der Waals surface area contributed by atoms with E-state index in [1.54, 1.807) is 18.2 Å². The second-order valence-electron chi connectivity index (χ2n) is 7.23. The molecule has 0 aliphatic rings. The zero-order valence-electron chi connectivity index (χ0n) is 17.5. The second-order valence-corrected chi connectivity index (χ2v) is 10.3. The molecule has 1 atom stereocenters. The van der Waals surface area contributed by atoms with Crippen LogP contribution in [0.2, 0.25) is 10.0 Å². The summed E-state index contributed by atoms with van der Waals surface area (Å²) in [5, 5.41) is 6.61. The third-order valence-corrected chi connectivity index (χ3v) is 7.52. The predicted molar refractivity (Wildman–Crippen MR) is 138 cm³/mol. The van der Waals surface area contributed by atoms with Gasteiger partial charge in [0, 0.05) is 10.7 Å². The van der Waals surface area contributed by atoms with E-state index in [9.17, 15) is 9.59 Å². The molecule has 0 fully saturated rings. The molecule has 0 saturated heterocycles. The minimum absolute atomic E-state index is 0.0524. The van der Waals surface area contributed by atoms with Crippen LogP contribution in [-0.2, 0) is 4.79 Å². The molecule has 0 spiro atoms. The highest BCUT2D eigenvalue weighted by molar-refractivity contribution is 8.01. The molecule has 4 rings (SSSR count). The predicted octanol–water partition coefficient (Wildman–Crippen LogP) is 6.82. The Morgan fingerprint density at radius 1 is 1.06 bits per heavy atom. The van der Waals surface area contributed by atoms with Gasteiger partial charge in [0.15, 0.2) is 4.34 Å².